The molecule has 0 saturated carbocycles. The molecule has 9 heteroatoms. The zero-order valence-corrected chi connectivity index (χ0v) is 15.0. The van der Waals surface area contributed by atoms with Crippen LogP contribution < -0.4 is 10.6 Å². The van der Waals surface area contributed by atoms with Gasteiger partial charge in [-0.3, -0.25) is 14.0 Å². The van der Waals surface area contributed by atoms with E-state index in [1.165, 1.54) is 4.40 Å². The lowest BCUT2D eigenvalue weighted by molar-refractivity contribution is -0.137. The van der Waals surface area contributed by atoms with Crippen molar-refractivity contribution in [2.45, 2.75) is 26.1 Å². The van der Waals surface area contributed by atoms with Gasteiger partial charge in [0.1, 0.15) is 0 Å². The second kappa shape index (κ2) is 7.34. The number of pyridine rings is 1. The number of nitrogens with zero attached hydrogens (tertiary/aromatic N) is 2. The molecule has 2 heterocycles. The highest BCUT2D eigenvalue weighted by atomic mass is 19.4. The molecular formula is C19H17F3N4O2. The second-order valence-corrected chi connectivity index (χ2v) is 6.40. The molecule has 0 aliphatic heterocycles. The Morgan fingerprint density at radius 3 is 2.32 bits per heavy atom. The Morgan fingerprint density at radius 2 is 1.71 bits per heavy atom. The molecule has 3 aromatic rings. The van der Waals surface area contributed by atoms with Gasteiger partial charge in [0.2, 0.25) is 5.82 Å². The highest BCUT2D eigenvalue weighted by molar-refractivity contribution is 6.08. The van der Waals surface area contributed by atoms with Gasteiger partial charge in [0, 0.05) is 17.9 Å². The maximum Gasteiger partial charge on any atom is 0.416 e. The van der Waals surface area contributed by atoms with E-state index >= 15 is 0 Å². The zero-order valence-electron chi connectivity index (χ0n) is 15.0. The Bertz CT molecular complexity index is 1020. The summed E-state index contributed by atoms with van der Waals surface area (Å²) in [5.74, 6) is -1.03. The van der Waals surface area contributed by atoms with E-state index in [1.807, 2.05) is 0 Å². The fraction of sp³-hybridized carbons (Fsp3) is 0.211. The van der Waals surface area contributed by atoms with Crippen LogP contribution in [0.3, 0.4) is 0 Å². The minimum atomic E-state index is -4.46. The SMILES string of the molecule is CC(C)NC(=O)c1nc(C(=O)Nc2ccc(C(F)(F)F)cc2)c2ccccn12. The first-order valence-corrected chi connectivity index (χ1v) is 8.43. The number of hydrogen-bond donors (Lipinski definition) is 2. The molecule has 0 unspecified atom stereocenters. The minimum absolute atomic E-state index is 0.00518. The highest BCUT2D eigenvalue weighted by Crippen LogP contribution is 2.30. The van der Waals surface area contributed by atoms with Gasteiger partial charge >= 0.3 is 6.18 Å². The number of fused-ring (bicyclic) bond motifs is 1. The number of rotatable bonds is 4. The molecule has 6 nitrogen and oxygen atoms in total. The zero-order chi connectivity index (χ0) is 20.5. The van der Waals surface area contributed by atoms with E-state index in [9.17, 15) is 22.8 Å². The van der Waals surface area contributed by atoms with Crippen molar-refractivity contribution in [2.24, 2.45) is 0 Å². The molecular weight excluding hydrogens is 373 g/mol. The first-order chi connectivity index (χ1) is 13.2. The van der Waals surface area contributed by atoms with Crippen molar-refractivity contribution in [3.63, 3.8) is 0 Å². The van der Waals surface area contributed by atoms with Crippen LogP contribution in [-0.4, -0.2) is 27.2 Å². The predicted octanol–water partition coefficient (Wildman–Crippen LogP) is 3.74. The molecule has 28 heavy (non-hydrogen) atoms. The largest absolute Gasteiger partial charge is 0.416 e. The van der Waals surface area contributed by atoms with Crippen molar-refractivity contribution in [1.29, 1.82) is 0 Å². The molecule has 3 rings (SSSR count). The molecule has 2 N–H and O–H groups in total. The topological polar surface area (TPSA) is 75.5 Å². The average molecular weight is 390 g/mol. The molecule has 2 aromatic heterocycles. The van der Waals surface area contributed by atoms with Crippen molar-refractivity contribution >= 4 is 23.0 Å². The first-order valence-electron chi connectivity index (χ1n) is 8.43. The van der Waals surface area contributed by atoms with Gasteiger partial charge in [-0.2, -0.15) is 13.2 Å². The summed E-state index contributed by atoms with van der Waals surface area (Å²) < 4.78 is 39.4. The number of carbonyl (C=O) groups excluding carboxylic acids is 2. The van der Waals surface area contributed by atoms with E-state index in [0.717, 1.165) is 24.3 Å². The van der Waals surface area contributed by atoms with Crippen molar-refractivity contribution in [3.8, 4) is 0 Å². The van der Waals surface area contributed by atoms with Crippen LogP contribution in [0.2, 0.25) is 0 Å². The van der Waals surface area contributed by atoms with E-state index < -0.39 is 23.6 Å². The smallest absolute Gasteiger partial charge is 0.347 e. The molecule has 146 valence electrons. The van der Waals surface area contributed by atoms with E-state index in [4.69, 9.17) is 0 Å². The molecule has 0 saturated heterocycles. The van der Waals surface area contributed by atoms with Gasteiger partial charge in [0.25, 0.3) is 11.8 Å². The van der Waals surface area contributed by atoms with Gasteiger partial charge in [0.15, 0.2) is 5.69 Å². The summed E-state index contributed by atoms with van der Waals surface area (Å²) in [6.07, 6.45) is -2.85. The van der Waals surface area contributed by atoms with Crippen LogP contribution in [0.1, 0.15) is 40.5 Å². The predicted molar refractivity (Wildman–Crippen MR) is 97.2 cm³/mol. The quantitative estimate of drug-likeness (QED) is 0.713. The third kappa shape index (κ3) is 3.98. The Hall–Kier alpha value is -3.36. The van der Waals surface area contributed by atoms with Gasteiger partial charge in [0.05, 0.1) is 11.1 Å². The Kier molecular flexibility index (Phi) is 5.08. The van der Waals surface area contributed by atoms with Gasteiger partial charge in [-0.25, -0.2) is 4.98 Å². The Balaban J connectivity index is 1.91. The molecule has 0 bridgehead atoms. The maximum absolute atomic E-state index is 12.7. The number of aromatic nitrogens is 2. The normalized spacial score (nSPS) is 11.6. The number of benzene rings is 1. The van der Waals surface area contributed by atoms with Gasteiger partial charge < -0.3 is 10.6 Å². The van der Waals surface area contributed by atoms with Crippen molar-refractivity contribution < 1.29 is 22.8 Å². The molecule has 0 aliphatic rings. The van der Waals surface area contributed by atoms with Crippen LogP contribution in [0.15, 0.2) is 48.7 Å². The van der Waals surface area contributed by atoms with Crippen LogP contribution in [0, 0.1) is 0 Å². The number of alkyl halides is 3. The fourth-order valence-corrected chi connectivity index (χ4v) is 2.62. The summed E-state index contributed by atoms with van der Waals surface area (Å²) in [4.78, 5) is 29.1. The standard InChI is InChI=1S/C19H17F3N4O2/c1-11(2)23-18(28)16-25-15(14-5-3-4-10-26(14)16)17(27)24-13-8-6-12(7-9-13)19(20,21)22/h3-11H,1-2H3,(H,23,28)(H,24,27). The summed E-state index contributed by atoms with van der Waals surface area (Å²) in [6.45, 7) is 3.60. The molecule has 2 amide bonds. The van der Waals surface area contributed by atoms with Gasteiger partial charge in [-0.1, -0.05) is 6.07 Å². The summed E-state index contributed by atoms with van der Waals surface area (Å²) in [5.41, 5.74) is -0.232. The van der Waals surface area contributed by atoms with E-state index in [0.29, 0.717) is 5.52 Å². The van der Waals surface area contributed by atoms with Crippen LogP contribution in [0.4, 0.5) is 18.9 Å². The summed E-state index contributed by atoms with van der Waals surface area (Å²) in [5, 5.41) is 5.22. The molecule has 0 atom stereocenters. The molecule has 1 aromatic carbocycles. The average Bonchev–Trinajstić information content (AvgIpc) is 3.01. The minimum Gasteiger partial charge on any atom is -0.347 e. The lowest BCUT2D eigenvalue weighted by atomic mass is 10.2. The van der Waals surface area contributed by atoms with Gasteiger partial charge in [-0.05, 0) is 50.2 Å². The number of imidazole rings is 1. The summed E-state index contributed by atoms with van der Waals surface area (Å²) in [7, 11) is 0. The number of halogens is 3. The van der Waals surface area contributed by atoms with Crippen LogP contribution in [0.25, 0.3) is 5.52 Å². The Labute approximate surface area is 158 Å². The van der Waals surface area contributed by atoms with E-state index in [2.05, 4.69) is 15.6 Å². The monoisotopic (exact) mass is 390 g/mol. The number of carbonyl (C=O) groups is 2. The van der Waals surface area contributed by atoms with Crippen molar-refractivity contribution in [3.05, 3.63) is 65.7 Å². The number of anilines is 1. The lowest BCUT2D eigenvalue weighted by Crippen LogP contribution is -2.31. The first kappa shape index (κ1) is 19.4. The summed E-state index contributed by atoms with van der Waals surface area (Å²) in [6, 6.07) is 8.96. The summed E-state index contributed by atoms with van der Waals surface area (Å²) >= 11 is 0. The van der Waals surface area contributed by atoms with Gasteiger partial charge in [-0.15, -0.1) is 0 Å². The Morgan fingerprint density at radius 1 is 1.04 bits per heavy atom. The molecule has 0 fully saturated rings. The fourth-order valence-electron chi connectivity index (χ4n) is 2.62. The third-order valence-electron chi connectivity index (χ3n) is 3.86. The van der Waals surface area contributed by atoms with Crippen LogP contribution >= 0.6 is 0 Å². The number of nitrogens with one attached hydrogen (secondary N) is 2. The van der Waals surface area contributed by atoms with E-state index in [-0.39, 0.29) is 23.2 Å². The number of hydrogen-bond acceptors (Lipinski definition) is 3. The molecule has 0 aliphatic carbocycles. The maximum atomic E-state index is 12.7. The van der Waals surface area contributed by atoms with E-state index in [1.54, 1.807) is 38.2 Å². The molecule has 0 radical (unpaired) electrons. The lowest BCUT2D eigenvalue weighted by Gasteiger charge is -2.08. The van der Waals surface area contributed by atoms with Crippen molar-refractivity contribution in [2.75, 3.05) is 5.32 Å². The second-order valence-electron chi connectivity index (χ2n) is 6.40. The van der Waals surface area contributed by atoms with Crippen molar-refractivity contribution in [1.82, 2.24) is 14.7 Å². The molecule has 0 spiro atoms. The number of amides is 2. The van der Waals surface area contributed by atoms with Crippen LogP contribution in [-0.2, 0) is 6.18 Å². The third-order valence-corrected chi connectivity index (χ3v) is 3.86. The van der Waals surface area contributed by atoms with Crippen LogP contribution in [0.5, 0.6) is 0 Å². The highest BCUT2D eigenvalue weighted by Gasteiger charge is 2.30.